The van der Waals surface area contributed by atoms with Gasteiger partial charge >= 0.3 is 6.18 Å². The smallest absolute Gasteiger partial charge is 0.419 e. The summed E-state index contributed by atoms with van der Waals surface area (Å²) in [5.74, 6) is -0.198. The van der Waals surface area contributed by atoms with E-state index in [9.17, 15) is 18.3 Å². The molecular weight excluding hydrogens is 245 g/mol. The fourth-order valence-electron chi connectivity index (χ4n) is 2.18. The van der Waals surface area contributed by atoms with Gasteiger partial charge in [0.15, 0.2) is 0 Å². The highest BCUT2D eigenvalue weighted by Crippen LogP contribution is 2.37. The van der Waals surface area contributed by atoms with Gasteiger partial charge in [-0.15, -0.1) is 0 Å². The minimum Gasteiger partial charge on any atom is -0.487 e. The van der Waals surface area contributed by atoms with Gasteiger partial charge in [-0.3, -0.25) is 0 Å². The Kier molecular flexibility index (Phi) is 3.80. The standard InChI is InChI=1S/C13H15F3O2/c14-13(15,16)9-5-1-3-7-11(9)18-12-8-4-2-6-10(12)17/h1,3,5,7,10,12,17H,2,4,6,8H2/t10-,12-/m1/s1. The van der Waals surface area contributed by atoms with Crippen molar-refractivity contribution >= 4 is 0 Å². The molecule has 5 heteroatoms. The van der Waals surface area contributed by atoms with Crippen LogP contribution in [0.2, 0.25) is 0 Å². The van der Waals surface area contributed by atoms with Crippen LogP contribution in [0, 0.1) is 0 Å². The molecule has 1 aromatic carbocycles. The molecule has 1 saturated carbocycles. The molecule has 1 aliphatic carbocycles. The molecule has 1 aromatic rings. The summed E-state index contributed by atoms with van der Waals surface area (Å²) < 4.78 is 43.6. The first-order valence-electron chi connectivity index (χ1n) is 5.99. The van der Waals surface area contributed by atoms with Crippen molar-refractivity contribution in [2.75, 3.05) is 0 Å². The highest BCUT2D eigenvalue weighted by atomic mass is 19.4. The predicted octanol–water partition coefficient (Wildman–Crippen LogP) is 3.39. The molecule has 2 atom stereocenters. The third-order valence-corrected chi connectivity index (χ3v) is 3.14. The second-order valence-electron chi connectivity index (χ2n) is 4.50. The van der Waals surface area contributed by atoms with Crippen LogP contribution >= 0.6 is 0 Å². The molecule has 18 heavy (non-hydrogen) atoms. The molecule has 0 spiro atoms. The lowest BCUT2D eigenvalue weighted by Gasteiger charge is -2.29. The average Bonchev–Trinajstić information content (AvgIpc) is 2.31. The van der Waals surface area contributed by atoms with Crippen LogP contribution in [0.15, 0.2) is 24.3 Å². The van der Waals surface area contributed by atoms with E-state index in [0.717, 1.165) is 18.9 Å². The summed E-state index contributed by atoms with van der Waals surface area (Å²) >= 11 is 0. The zero-order chi connectivity index (χ0) is 13.2. The summed E-state index contributed by atoms with van der Waals surface area (Å²) in [4.78, 5) is 0. The van der Waals surface area contributed by atoms with Crippen molar-refractivity contribution < 1.29 is 23.0 Å². The predicted molar refractivity (Wildman–Crippen MR) is 60.3 cm³/mol. The Morgan fingerprint density at radius 3 is 2.44 bits per heavy atom. The Morgan fingerprint density at radius 2 is 1.78 bits per heavy atom. The molecule has 0 radical (unpaired) electrons. The Morgan fingerprint density at radius 1 is 1.11 bits per heavy atom. The molecule has 100 valence electrons. The Hall–Kier alpha value is -1.23. The van der Waals surface area contributed by atoms with Crippen LogP contribution in [0.3, 0.4) is 0 Å². The van der Waals surface area contributed by atoms with Crippen LogP contribution in [0.25, 0.3) is 0 Å². The van der Waals surface area contributed by atoms with Gasteiger partial charge in [-0.05, 0) is 31.4 Å². The van der Waals surface area contributed by atoms with Crippen LogP contribution in [-0.2, 0) is 6.18 Å². The van der Waals surface area contributed by atoms with Gasteiger partial charge in [-0.25, -0.2) is 0 Å². The van der Waals surface area contributed by atoms with E-state index < -0.39 is 23.9 Å². The third kappa shape index (κ3) is 2.96. The molecule has 0 aromatic heterocycles. The Labute approximate surface area is 103 Å². The molecule has 2 rings (SSSR count). The van der Waals surface area contributed by atoms with Gasteiger partial charge in [0, 0.05) is 0 Å². The van der Waals surface area contributed by atoms with E-state index in [1.54, 1.807) is 0 Å². The molecule has 0 amide bonds. The largest absolute Gasteiger partial charge is 0.487 e. The maximum absolute atomic E-state index is 12.8. The minimum absolute atomic E-state index is 0.198. The molecule has 0 heterocycles. The van der Waals surface area contributed by atoms with Gasteiger partial charge in [-0.1, -0.05) is 18.6 Å². The maximum atomic E-state index is 12.8. The van der Waals surface area contributed by atoms with Crippen molar-refractivity contribution in [1.82, 2.24) is 0 Å². The first-order chi connectivity index (χ1) is 8.48. The number of alkyl halides is 3. The molecular formula is C13H15F3O2. The summed E-state index contributed by atoms with van der Waals surface area (Å²) in [6, 6.07) is 5.11. The molecule has 0 saturated heterocycles. The number of hydrogen-bond donors (Lipinski definition) is 1. The summed E-state index contributed by atoms with van der Waals surface area (Å²) in [7, 11) is 0. The van der Waals surface area contributed by atoms with Crippen LogP contribution in [-0.4, -0.2) is 17.3 Å². The first kappa shape index (κ1) is 13.2. The maximum Gasteiger partial charge on any atom is 0.419 e. The molecule has 1 aliphatic rings. The zero-order valence-electron chi connectivity index (χ0n) is 9.78. The summed E-state index contributed by atoms with van der Waals surface area (Å²) in [5.41, 5.74) is -0.789. The SMILES string of the molecule is O[C@@H]1CCCC[C@H]1Oc1ccccc1C(F)(F)F. The van der Waals surface area contributed by atoms with Crippen LogP contribution < -0.4 is 4.74 Å². The first-order valence-corrected chi connectivity index (χ1v) is 5.99. The number of hydrogen-bond acceptors (Lipinski definition) is 2. The zero-order valence-corrected chi connectivity index (χ0v) is 9.78. The van der Waals surface area contributed by atoms with E-state index in [1.165, 1.54) is 18.2 Å². The summed E-state index contributed by atoms with van der Waals surface area (Å²) in [6.07, 6.45) is -2.72. The van der Waals surface area contributed by atoms with Crippen molar-refractivity contribution in [1.29, 1.82) is 0 Å². The second kappa shape index (κ2) is 5.18. The van der Waals surface area contributed by atoms with Crippen molar-refractivity contribution in [3.8, 4) is 5.75 Å². The Balaban J connectivity index is 2.18. The fourth-order valence-corrected chi connectivity index (χ4v) is 2.18. The van der Waals surface area contributed by atoms with Crippen molar-refractivity contribution in [3.05, 3.63) is 29.8 Å². The lowest BCUT2D eigenvalue weighted by molar-refractivity contribution is -0.140. The van der Waals surface area contributed by atoms with E-state index >= 15 is 0 Å². The number of rotatable bonds is 2. The van der Waals surface area contributed by atoms with Gasteiger partial charge in [0.25, 0.3) is 0 Å². The lowest BCUT2D eigenvalue weighted by atomic mass is 9.95. The normalized spacial score (nSPS) is 24.9. The monoisotopic (exact) mass is 260 g/mol. The number of aliphatic hydroxyl groups excluding tert-OH is 1. The quantitative estimate of drug-likeness (QED) is 0.883. The second-order valence-corrected chi connectivity index (χ2v) is 4.50. The summed E-state index contributed by atoms with van der Waals surface area (Å²) in [5, 5.41) is 9.72. The fraction of sp³-hybridized carbons (Fsp3) is 0.538. The molecule has 0 aliphatic heterocycles. The summed E-state index contributed by atoms with van der Waals surface area (Å²) in [6.45, 7) is 0. The van der Waals surface area contributed by atoms with Crippen LogP contribution in [0.5, 0.6) is 5.75 Å². The highest BCUT2D eigenvalue weighted by molar-refractivity contribution is 5.35. The number of ether oxygens (including phenoxy) is 1. The van der Waals surface area contributed by atoms with Crippen LogP contribution in [0.4, 0.5) is 13.2 Å². The number of para-hydroxylation sites is 1. The van der Waals surface area contributed by atoms with Crippen molar-refractivity contribution in [3.63, 3.8) is 0 Å². The average molecular weight is 260 g/mol. The van der Waals surface area contributed by atoms with Gasteiger partial charge in [0.05, 0.1) is 11.7 Å². The molecule has 1 fully saturated rings. The van der Waals surface area contributed by atoms with Crippen LogP contribution in [0.1, 0.15) is 31.2 Å². The van der Waals surface area contributed by atoms with E-state index in [1.807, 2.05) is 0 Å². The van der Waals surface area contributed by atoms with Crippen molar-refractivity contribution in [2.24, 2.45) is 0 Å². The van der Waals surface area contributed by atoms with Crippen molar-refractivity contribution in [2.45, 2.75) is 44.1 Å². The topological polar surface area (TPSA) is 29.5 Å². The molecule has 0 unspecified atom stereocenters. The van der Waals surface area contributed by atoms with E-state index in [0.29, 0.717) is 12.8 Å². The van der Waals surface area contributed by atoms with E-state index in [-0.39, 0.29) is 5.75 Å². The molecule has 0 bridgehead atoms. The number of benzene rings is 1. The van der Waals surface area contributed by atoms with E-state index in [2.05, 4.69) is 0 Å². The lowest BCUT2D eigenvalue weighted by Crippen LogP contribution is -2.35. The minimum atomic E-state index is -4.43. The molecule has 2 nitrogen and oxygen atoms in total. The highest BCUT2D eigenvalue weighted by Gasteiger charge is 2.35. The van der Waals surface area contributed by atoms with E-state index in [4.69, 9.17) is 4.74 Å². The Bertz CT molecular complexity index is 403. The van der Waals surface area contributed by atoms with Gasteiger partial charge in [0.2, 0.25) is 0 Å². The number of halogens is 3. The van der Waals surface area contributed by atoms with Gasteiger partial charge < -0.3 is 9.84 Å². The number of aliphatic hydroxyl groups is 1. The van der Waals surface area contributed by atoms with Gasteiger partial charge in [0.1, 0.15) is 11.9 Å². The third-order valence-electron chi connectivity index (χ3n) is 3.14. The molecule has 1 N–H and O–H groups in total. The van der Waals surface area contributed by atoms with Gasteiger partial charge in [-0.2, -0.15) is 13.2 Å².